The van der Waals surface area contributed by atoms with Crippen LogP contribution in [0.5, 0.6) is 0 Å². The highest BCUT2D eigenvalue weighted by Crippen LogP contribution is 2.49. The first-order valence-electron chi connectivity index (χ1n) is 33.6. The molecule has 0 radical (unpaired) electrons. The Hall–Kier alpha value is -13.2. The van der Waals surface area contributed by atoms with E-state index in [2.05, 4.69) is 325 Å². The third-order valence-electron chi connectivity index (χ3n) is 21.1. The summed E-state index contributed by atoms with van der Waals surface area (Å²) in [5.41, 5.74) is 13.7. The summed E-state index contributed by atoms with van der Waals surface area (Å²) < 4.78 is 4.79. The average molecular weight is 1240 g/mol. The van der Waals surface area contributed by atoms with E-state index < -0.39 is 0 Å². The maximum atomic E-state index is 5.80. The Bertz CT molecular complexity index is 7260. The van der Waals surface area contributed by atoms with Gasteiger partial charge in [0.1, 0.15) is 11.4 Å². The molecule has 0 amide bonds. The molecule has 0 aliphatic rings. The highest BCUT2D eigenvalue weighted by atomic mass is 15.1. The quantitative estimate of drug-likeness (QED) is 0.161. The summed E-state index contributed by atoms with van der Waals surface area (Å²) in [7, 11) is 0. The van der Waals surface area contributed by atoms with E-state index in [1.54, 1.807) is 0 Å². The van der Waals surface area contributed by atoms with Gasteiger partial charge in [0.15, 0.2) is 11.6 Å². The summed E-state index contributed by atoms with van der Waals surface area (Å²) >= 11 is 0. The minimum absolute atomic E-state index is 0.790. The largest absolute Gasteiger partial charge is 0.292 e. The molecule has 0 saturated heterocycles. The molecule has 0 aliphatic carbocycles. The first-order valence-corrected chi connectivity index (χ1v) is 33.6. The van der Waals surface area contributed by atoms with E-state index in [9.17, 15) is 0 Å². The van der Waals surface area contributed by atoms with Crippen LogP contribution in [0.2, 0.25) is 0 Å². The molecule has 0 bridgehead atoms. The van der Waals surface area contributed by atoms with E-state index in [4.69, 9.17) is 19.9 Å². The van der Waals surface area contributed by atoms with Gasteiger partial charge in [0, 0.05) is 54.2 Å². The normalized spacial score (nSPS) is 12.3. The molecule has 4 aromatic heterocycles. The third-order valence-corrected chi connectivity index (χ3v) is 21.1. The van der Waals surface area contributed by atoms with Gasteiger partial charge in [0.2, 0.25) is 0 Å². The summed E-state index contributed by atoms with van der Waals surface area (Å²) in [6.45, 7) is 0. The number of hydrogen-bond donors (Lipinski definition) is 0. The molecule has 450 valence electrons. The summed E-state index contributed by atoms with van der Waals surface area (Å²) in [6.07, 6.45) is 0. The standard InChI is InChI=1S/C92H52N6/c1-3-20-54(21-4-1)87-92(96-90-63-28-12-11-19-53(63)37-43-77(90)93-87)98-80-46-42-72-68-32-15-16-33-69(68)74-48-61(36-40-73(74)84(72)86(80)76-50-57-25-8-10-27-59(57)52-82(76)98)60-35-39-64-62(47-60)38-44-78-89(64)95-88(55-22-5-2-6-23-55)91(94-78)97-79-45-41-71-67-31-14-13-29-65(67)66-30-17-18-34-70(66)83(71)85(79)75-49-56-24-7-9-26-58(56)51-81(75)97/h1-52H. The van der Waals surface area contributed by atoms with Crippen molar-refractivity contribution in [2.45, 2.75) is 0 Å². The molecule has 18 aromatic carbocycles. The average Bonchev–Trinajstić information content (AvgIpc) is 1.50. The fourth-order valence-electron chi connectivity index (χ4n) is 16.7. The highest BCUT2D eigenvalue weighted by Gasteiger charge is 2.27. The van der Waals surface area contributed by atoms with Gasteiger partial charge in [-0.15, -0.1) is 0 Å². The lowest BCUT2D eigenvalue weighted by atomic mass is 9.89. The van der Waals surface area contributed by atoms with Gasteiger partial charge in [-0.1, -0.05) is 255 Å². The van der Waals surface area contributed by atoms with Crippen molar-refractivity contribution in [3.63, 3.8) is 0 Å². The van der Waals surface area contributed by atoms with Crippen LogP contribution in [0.25, 0.3) is 219 Å². The van der Waals surface area contributed by atoms with Crippen molar-refractivity contribution in [2.24, 2.45) is 0 Å². The lowest BCUT2D eigenvalue weighted by Crippen LogP contribution is -2.04. The second-order valence-electron chi connectivity index (χ2n) is 26.3. The Morgan fingerprint density at radius 1 is 0.184 bits per heavy atom. The van der Waals surface area contributed by atoms with Gasteiger partial charge in [0.05, 0.1) is 44.1 Å². The molecule has 0 unspecified atom stereocenters. The topological polar surface area (TPSA) is 61.4 Å². The zero-order valence-electron chi connectivity index (χ0n) is 52.7. The Labute approximate surface area is 559 Å². The van der Waals surface area contributed by atoms with Gasteiger partial charge >= 0.3 is 0 Å². The van der Waals surface area contributed by atoms with Crippen LogP contribution in [-0.4, -0.2) is 29.1 Å². The van der Waals surface area contributed by atoms with Crippen LogP contribution >= 0.6 is 0 Å². The van der Waals surface area contributed by atoms with Gasteiger partial charge in [0.25, 0.3) is 0 Å². The Balaban J connectivity index is 0.755. The minimum atomic E-state index is 0.790. The van der Waals surface area contributed by atoms with E-state index in [-0.39, 0.29) is 0 Å². The molecule has 6 nitrogen and oxygen atoms in total. The van der Waals surface area contributed by atoms with Gasteiger partial charge in [-0.25, -0.2) is 19.9 Å². The number of rotatable bonds is 5. The zero-order valence-corrected chi connectivity index (χ0v) is 52.7. The van der Waals surface area contributed by atoms with E-state index >= 15 is 0 Å². The van der Waals surface area contributed by atoms with Crippen LogP contribution in [0, 0.1) is 0 Å². The summed E-state index contributed by atoms with van der Waals surface area (Å²) in [5.74, 6) is 1.58. The monoisotopic (exact) mass is 1240 g/mol. The Morgan fingerprint density at radius 2 is 0.561 bits per heavy atom. The van der Waals surface area contributed by atoms with Crippen LogP contribution in [0.1, 0.15) is 0 Å². The molecule has 0 fully saturated rings. The minimum Gasteiger partial charge on any atom is -0.292 e. The highest BCUT2D eigenvalue weighted by molar-refractivity contribution is 6.38. The smallest absolute Gasteiger partial charge is 0.165 e. The van der Waals surface area contributed by atoms with Crippen LogP contribution in [0.15, 0.2) is 315 Å². The number of aromatic nitrogens is 6. The van der Waals surface area contributed by atoms with Crippen molar-refractivity contribution in [3.8, 4) is 45.3 Å². The van der Waals surface area contributed by atoms with Crippen molar-refractivity contribution < 1.29 is 0 Å². The molecule has 0 aliphatic heterocycles. The second-order valence-corrected chi connectivity index (χ2v) is 26.3. The summed E-state index contributed by atoms with van der Waals surface area (Å²) in [5, 5.41) is 28.5. The van der Waals surface area contributed by atoms with Crippen molar-refractivity contribution in [1.29, 1.82) is 0 Å². The predicted molar refractivity (Wildman–Crippen MR) is 413 cm³/mol. The lowest BCUT2D eigenvalue weighted by molar-refractivity contribution is 1.08. The molecule has 0 spiro atoms. The van der Waals surface area contributed by atoms with Gasteiger partial charge in [-0.05, 0) is 158 Å². The van der Waals surface area contributed by atoms with Crippen LogP contribution in [-0.2, 0) is 0 Å². The molecule has 22 aromatic rings. The van der Waals surface area contributed by atoms with Crippen LogP contribution in [0.3, 0.4) is 0 Å². The maximum Gasteiger partial charge on any atom is 0.165 e. The van der Waals surface area contributed by atoms with Gasteiger partial charge in [-0.3, -0.25) is 9.13 Å². The molecular formula is C92H52N6. The first-order chi connectivity index (χ1) is 48.6. The lowest BCUT2D eigenvalue weighted by Gasteiger charge is -2.16. The fraction of sp³-hybridized carbons (Fsp3) is 0. The molecule has 0 N–H and O–H groups in total. The molecule has 98 heavy (non-hydrogen) atoms. The van der Waals surface area contributed by atoms with Gasteiger partial charge in [-0.2, -0.15) is 0 Å². The number of benzene rings is 18. The second kappa shape index (κ2) is 20.2. The molecule has 22 rings (SSSR count). The van der Waals surface area contributed by atoms with E-state index in [0.29, 0.717) is 0 Å². The van der Waals surface area contributed by atoms with E-state index in [0.717, 1.165) is 122 Å². The van der Waals surface area contributed by atoms with E-state index in [1.165, 1.54) is 97.0 Å². The molecule has 0 saturated carbocycles. The first kappa shape index (κ1) is 53.2. The van der Waals surface area contributed by atoms with Crippen molar-refractivity contribution >= 4 is 173 Å². The SMILES string of the molecule is c1ccc(-c2nc3c(ccc4cc(-c5ccc6c(c5)c5ccccc5c5ccc7c(c8cc9ccccc9cc8n7-c7nc8c(ccc9ccccc98)nc7-c7ccccc7)c56)ccc43)nc2-n2c3cc4ccccc4cc3c3c4c5ccccc5c5ccccc5c4ccc32)cc1. The van der Waals surface area contributed by atoms with Crippen molar-refractivity contribution in [1.82, 2.24) is 29.1 Å². The Kier molecular flexibility index (Phi) is 11.0. The Morgan fingerprint density at radius 3 is 1.13 bits per heavy atom. The molecule has 6 heteroatoms. The van der Waals surface area contributed by atoms with Crippen LogP contribution in [0.4, 0.5) is 0 Å². The number of fused-ring (bicyclic) bond motifs is 28. The third kappa shape index (κ3) is 7.56. The number of hydrogen-bond acceptors (Lipinski definition) is 4. The molecule has 0 atom stereocenters. The zero-order chi connectivity index (χ0) is 63.8. The maximum absolute atomic E-state index is 5.80. The summed E-state index contributed by atoms with van der Waals surface area (Å²) in [4.78, 5) is 22.9. The molecule has 4 heterocycles. The molecular weight excluding hydrogens is 1190 g/mol. The predicted octanol–water partition coefficient (Wildman–Crippen LogP) is 24.3. The van der Waals surface area contributed by atoms with E-state index in [1.807, 2.05) is 0 Å². The van der Waals surface area contributed by atoms with Crippen LogP contribution < -0.4 is 0 Å². The van der Waals surface area contributed by atoms with Crippen molar-refractivity contribution in [2.75, 3.05) is 0 Å². The van der Waals surface area contributed by atoms with Crippen molar-refractivity contribution in [3.05, 3.63) is 315 Å². The number of nitrogens with zero attached hydrogens (tertiary/aromatic N) is 6. The van der Waals surface area contributed by atoms with Gasteiger partial charge < -0.3 is 0 Å². The fourth-order valence-corrected chi connectivity index (χ4v) is 16.7. The summed E-state index contributed by atoms with van der Waals surface area (Å²) in [6, 6.07) is 115.